The normalized spacial score (nSPS) is 30.8. The fraction of sp³-hybridized carbons (Fsp3) is 0.739. The van der Waals surface area contributed by atoms with Crippen LogP contribution < -0.4 is 4.74 Å². The summed E-state index contributed by atoms with van der Waals surface area (Å²) in [5.74, 6) is 2.32. The molecule has 4 atom stereocenters. The number of nitrogens with zero attached hydrogens (tertiary/aromatic N) is 2. The van der Waals surface area contributed by atoms with Gasteiger partial charge in [-0.15, -0.1) is 0 Å². The molecule has 0 aromatic heterocycles. The second-order valence-corrected chi connectivity index (χ2v) is 9.26. The van der Waals surface area contributed by atoms with Gasteiger partial charge in [0.05, 0.1) is 12.1 Å². The van der Waals surface area contributed by atoms with E-state index in [4.69, 9.17) is 16.3 Å². The Morgan fingerprint density at radius 2 is 2.00 bits per heavy atom. The third-order valence-corrected chi connectivity index (χ3v) is 7.75. The number of unbranched alkanes of at least 4 members (excludes halogenated alkanes) is 1. The summed E-state index contributed by atoms with van der Waals surface area (Å²) in [4.78, 5) is 5.52. The van der Waals surface area contributed by atoms with Gasteiger partial charge in [0.2, 0.25) is 0 Å². The number of hydrogen-bond acceptors (Lipinski definition) is 4. The first-order valence-corrected chi connectivity index (χ1v) is 11.5. The van der Waals surface area contributed by atoms with Gasteiger partial charge in [-0.25, -0.2) is 0 Å². The highest BCUT2D eigenvalue weighted by Crippen LogP contribution is 2.44. The molecule has 3 aliphatic rings. The van der Waals surface area contributed by atoms with Crippen LogP contribution in [0.15, 0.2) is 18.2 Å². The number of ether oxygens (including phenoxy) is 1. The van der Waals surface area contributed by atoms with Crippen LogP contribution in [0.5, 0.6) is 5.75 Å². The van der Waals surface area contributed by atoms with Crippen molar-refractivity contribution in [1.29, 1.82) is 0 Å². The van der Waals surface area contributed by atoms with Gasteiger partial charge in [-0.05, 0) is 81.5 Å². The van der Waals surface area contributed by atoms with Gasteiger partial charge < -0.3 is 9.84 Å². The van der Waals surface area contributed by atoms with E-state index < -0.39 is 0 Å². The lowest BCUT2D eigenvalue weighted by molar-refractivity contribution is -0.0812. The molecule has 5 heteroatoms. The van der Waals surface area contributed by atoms with Crippen molar-refractivity contribution in [2.45, 2.75) is 63.6 Å². The second kappa shape index (κ2) is 9.34. The van der Waals surface area contributed by atoms with Gasteiger partial charge in [-0.1, -0.05) is 23.7 Å². The standard InChI is InChI=1S/C23H35ClN2O2/c1-28-21-11-4-7-17(22(21)24)15-26-16-18-8-5-12-25-13-6-9-19(23(18)25)20(26)10-2-3-14-27/h4,7,11,18-20,23,27H,2-3,5-6,8-10,12-16H2,1H3/t18-,19-,20-,23+/m1/s1. The lowest BCUT2D eigenvalue weighted by atomic mass is 9.69. The molecule has 3 fully saturated rings. The minimum Gasteiger partial charge on any atom is -0.495 e. The van der Waals surface area contributed by atoms with Crippen molar-refractivity contribution >= 4 is 11.6 Å². The quantitative estimate of drug-likeness (QED) is 0.689. The summed E-state index contributed by atoms with van der Waals surface area (Å²) >= 11 is 6.65. The largest absolute Gasteiger partial charge is 0.495 e. The predicted octanol–water partition coefficient (Wildman–Crippen LogP) is 4.19. The van der Waals surface area contributed by atoms with Crippen molar-refractivity contribution in [3.8, 4) is 5.75 Å². The molecule has 1 aromatic carbocycles. The van der Waals surface area contributed by atoms with Crippen molar-refractivity contribution in [1.82, 2.24) is 9.80 Å². The molecule has 4 nitrogen and oxygen atoms in total. The van der Waals surface area contributed by atoms with Gasteiger partial charge >= 0.3 is 0 Å². The summed E-state index contributed by atoms with van der Waals surface area (Å²) < 4.78 is 5.45. The van der Waals surface area contributed by atoms with E-state index in [9.17, 15) is 5.11 Å². The Morgan fingerprint density at radius 1 is 1.18 bits per heavy atom. The van der Waals surface area contributed by atoms with Crippen LogP contribution in [0.4, 0.5) is 0 Å². The van der Waals surface area contributed by atoms with E-state index in [1.807, 2.05) is 6.07 Å². The van der Waals surface area contributed by atoms with Crippen molar-refractivity contribution < 1.29 is 9.84 Å². The highest BCUT2D eigenvalue weighted by Gasteiger charge is 2.48. The van der Waals surface area contributed by atoms with E-state index in [1.54, 1.807) is 7.11 Å². The fourth-order valence-corrected chi connectivity index (χ4v) is 6.44. The smallest absolute Gasteiger partial charge is 0.137 e. The molecule has 1 N–H and O–H groups in total. The van der Waals surface area contributed by atoms with Crippen LogP contribution >= 0.6 is 11.6 Å². The monoisotopic (exact) mass is 406 g/mol. The molecular weight excluding hydrogens is 372 g/mol. The second-order valence-electron chi connectivity index (χ2n) is 8.88. The van der Waals surface area contributed by atoms with E-state index in [2.05, 4.69) is 21.9 Å². The molecule has 28 heavy (non-hydrogen) atoms. The van der Waals surface area contributed by atoms with Gasteiger partial charge in [-0.2, -0.15) is 0 Å². The summed E-state index contributed by atoms with van der Waals surface area (Å²) in [6.45, 7) is 4.97. The van der Waals surface area contributed by atoms with Crippen LogP contribution in [0.1, 0.15) is 50.5 Å². The maximum Gasteiger partial charge on any atom is 0.137 e. The van der Waals surface area contributed by atoms with Crippen LogP contribution in [0.2, 0.25) is 5.02 Å². The van der Waals surface area contributed by atoms with Gasteiger partial charge in [0, 0.05) is 31.8 Å². The third-order valence-electron chi connectivity index (χ3n) is 7.32. The molecule has 0 saturated carbocycles. The topological polar surface area (TPSA) is 35.9 Å². The number of likely N-dealkylation sites (tertiary alicyclic amines) is 1. The summed E-state index contributed by atoms with van der Waals surface area (Å²) in [6, 6.07) is 7.51. The van der Waals surface area contributed by atoms with Gasteiger partial charge in [0.15, 0.2) is 0 Å². The molecule has 0 radical (unpaired) electrons. The van der Waals surface area contributed by atoms with Crippen LogP contribution in [0.3, 0.4) is 0 Å². The molecule has 3 saturated heterocycles. The number of aliphatic hydroxyl groups is 1. The van der Waals surface area contributed by atoms with Crippen LogP contribution in [0.25, 0.3) is 0 Å². The number of piperidine rings is 3. The Kier molecular flexibility index (Phi) is 6.82. The highest BCUT2D eigenvalue weighted by atomic mass is 35.5. The fourth-order valence-electron chi connectivity index (χ4n) is 6.18. The first-order valence-electron chi connectivity index (χ1n) is 11.1. The van der Waals surface area contributed by atoms with Crippen molar-refractivity contribution in [2.24, 2.45) is 11.8 Å². The van der Waals surface area contributed by atoms with Gasteiger partial charge in [-0.3, -0.25) is 9.80 Å². The van der Waals surface area contributed by atoms with Crippen molar-refractivity contribution in [3.05, 3.63) is 28.8 Å². The van der Waals surface area contributed by atoms with Crippen molar-refractivity contribution in [2.75, 3.05) is 33.4 Å². The van der Waals surface area contributed by atoms with Gasteiger partial charge in [0.1, 0.15) is 5.75 Å². The number of benzene rings is 1. The first-order chi connectivity index (χ1) is 13.7. The average molecular weight is 407 g/mol. The highest BCUT2D eigenvalue weighted by molar-refractivity contribution is 6.32. The zero-order valence-electron chi connectivity index (χ0n) is 17.2. The Labute approximate surface area is 174 Å². The molecule has 156 valence electrons. The lowest BCUT2D eigenvalue weighted by Crippen LogP contribution is -2.64. The minimum atomic E-state index is 0.303. The predicted molar refractivity (Wildman–Crippen MR) is 114 cm³/mol. The molecule has 1 aromatic rings. The molecule has 0 aliphatic carbocycles. The van der Waals surface area contributed by atoms with E-state index >= 15 is 0 Å². The summed E-state index contributed by atoms with van der Waals surface area (Å²) in [7, 11) is 1.69. The van der Waals surface area contributed by atoms with E-state index in [0.717, 1.165) is 48.0 Å². The number of halogens is 1. The molecule has 0 amide bonds. The van der Waals surface area contributed by atoms with Crippen LogP contribution in [-0.2, 0) is 6.54 Å². The lowest BCUT2D eigenvalue weighted by Gasteiger charge is -2.57. The zero-order valence-corrected chi connectivity index (χ0v) is 17.9. The van der Waals surface area contributed by atoms with E-state index in [0.29, 0.717) is 12.6 Å². The molecule has 0 spiro atoms. The zero-order chi connectivity index (χ0) is 19.5. The summed E-state index contributed by atoms with van der Waals surface area (Å²) in [5, 5.41) is 10.1. The molecule has 4 rings (SSSR count). The number of hydrogen-bond donors (Lipinski definition) is 1. The number of methoxy groups -OCH3 is 1. The summed E-state index contributed by atoms with van der Waals surface area (Å²) in [5.41, 5.74) is 1.18. The van der Waals surface area contributed by atoms with E-state index in [1.165, 1.54) is 57.3 Å². The molecule has 0 unspecified atom stereocenters. The minimum absolute atomic E-state index is 0.303. The average Bonchev–Trinajstić information content (AvgIpc) is 2.72. The maximum absolute atomic E-state index is 9.30. The van der Waals surface area contributed by atoms with Crippen LogP contribution in [0, 0.1) is 11.8 Å². The molecular formula is C23H35ClN2O2. The number of aliphatic hydroxyl groups excluding tert-OH is 1. The Balaban J connectivity index is 1.58. The number of rotatable bonds is 7. The van der Waals surface area contributed by atoms with Crippen LogP contribution in [-0.4, -0.2) is 60.3 Å². The molecule has 3 heterocycles. The summed E-state index contributed by atoms with van der Waals surface area (Å²) in [6.07, 6.45) is 8.60. The van der Waals surface area contributed by atoms with E-state index in [-0.39, 0.29) is 0 Å². The maximum atomic E-state index is 9.30. The SMILES string of the molecule is COc1cccc(CN2C[C@H]3CCCN4CCC[C@@H]([C@H]34)[C@H]2CCCCO)c1Cl. The van der Waals surface area contributed by atoms with Crippen molar-refractivity contribution in [3.63, 3.8) is 0 Å². The molecule has 0 bridgehead atoms. The third kappa shape index (κ3) is 4.07. The van der Waals surface area contributed by atoms with Gasteiger partial charge in [0.25, 0.3) is 0 Å². The first kappa shape index (κ1) is 20.5. The Bertz CT molecular complexity index is 653. The Morgan fingerprint density at radius 3 is 2.79 bits per heavy atom. The molecule has 3 aliphatic heterocycles. The Hall–Kier alpha value is -0.810.